The molecule has 3 heteroatoms. The van der Waals surface area contributed by atoms with Crippen molar-refractivity contribution in [1.29, 1.82) is 0 Å². The zero-order valence-electron chi connectivity index (χ0n) is 8.55. The van der Waals surface area contributed by atoms with Crippen molar-refractivity contribution in [2.75, 3.05) is 33.9 Å². The van der Waals surface area contributed by atoms with Crippen LogP contribution in [-0.4, -0.2) is 44.8 Å². The molecule has 0 heterocycles. The number of nitrogens with zero attached hydrogens (tertiary/aromatic N) is 1. The lowest BCUT2D eigenvalue weighted by atomic mass is 10.2. The molecule has 0 bridgehead atoms. The Balaban J connectivity index is 3.60. The Kier molecular flexibility index (Phi) is 7.45. The molecule has 0 saturated carbocycles. The van der Waals surface area contributed by atoms with Crippen LogP contribution in [0.2, 0.25) is 0 Å². The van der Waals surface area contributed by atoms with Crippen molar-refractivity contribution in [3.63, 3.8) is 0 Å². The van der Waals surface area contributed by atoms with Gasteiger partial charge in [-0.25, -0.2) is 0 Å². The summed E-state index contributed by atoms with van der Waals surface area (Å²) in [4.78, 5) is 2.27. The lowest BCUT2D eigenvalue weighted by Gasteiger charge is -2.25. The monoisotopic (exact) mass is 174 g/mol. The van der Waals surface area contributed by atoms with Gasteiger partial charge >= 0.3 is 0 Å². The van der Waals surface area contributed by atoms with E-state index in [2.05, 4.69) is 18.9 Å². The summed E-state index contributed by atoms with van der Waals surface area (Å²) in [7, 11) is 3.82. The molecule has 0 fully saturated rings. The molecule has 0 spiro atoms. The normalized spacial score (nSPS) is 13.8. The lowest BCUT2D eigenvalue weighted by molar-refractivity contribution is 0.109. The molecule has 3 nitrogen and oxygen atoms in total. The maximum atomic E-state index is 5.61. The Morgan fingerprint density at radius 3 is 2.58 bits per heavy atom. The van der Waals surface area contributed by atoms with Crippen molar-refractivity contribution in [3.05, 3.63) is 0 Å². The van der Waals surface area contributed by atoms with Crippen LogP contribution in [0.25, 0.3) is 0 Å². The second kappa shape index (κ2) is 7.53. The molecule has 74 valence electrons. The molecule has 0 saturated heterocycles. The quantitative estimate of drug-likeness (QED) is 0.617. The van der Waals surface area contributed by atoms with Crippen molar-refractivity contribution in [1.82, 2.24) is 4.90 Å². The van der Waals surface area contributed by atoms with Crippen LogP contribution in [-0.2, 0) is 4.74 Å². The summed E-state index contributed by atoms with van der Waals surface area (Å²) in [5.74, 6) is 0. The third-order valence-electron chi connectivity index (χ3n) is 2.12. The van der Waals surface area contributed by atoms with Crippen molar-refractivity contribution in [2.24, 2.45) is 5.73 Å². The van der Waals surface area contributed by atoms with Crippen LogP contribution < -0.4 is 5.73 Å². The lowest BCUT2D eigenvalue weighted by Crippen LogP contribution is -2.41. The molecular weight excluding hydrogens is 152 g/mol. The average Bonchev–Trinajstić information content (AvgIpc) is 2.10. The summed E-state index contributed by atoms with van der Waals surface area (Å²) in [5, 5.41) is 0. The molecule has 2 N–H and O–H groups in total. The maximum Gasteiger partial charge on any atom is 0.0630 e. The minimum atomic E-state index is 0.376. The van der Waals surface area contributed by atoms with Crippen molar-refractivity contribution in [3.8, 4) is 0 Å². The predicted molar refractivity (Wildman–Crippen MR) is 52.3 cm³/mol. The van der Waals surface area contributed by atoms with Crippen LogP contribution in [0.1, 0.15) is 19.8 Å². The van der Waals surface area contributed by atoms with E-state index in [4.69, 9.17) is 10.5 Å². The molecule has 0 radical (unpaired) electrons. The topological polar surface area (TPSA) is 38.5 Å². The molecule has 0 aliphatic rings. The molecule has 0 aliphatic carbocycles. The molecule has 1 atom stereocenters. The van der Waals surface area contributed by atoms with E-state index in [1.807, 2.05) is 0 Å². The Hall–Kier alpha value is -0.120. The second-order valence-electron chi connectivity index (χ2n) is 3.18. The van der Waals surface area contributed by atoms with Gasteiger partial charge in [-0.2, -0.15) is 0 Å². The number of rotatable bonds is 7. The smallest absolute Gasteiger partial charge is 0.0630 e. The number of hydrogen-bond donors (Lipinski definition) is 1. The zero-order chi connectivity index (χ0) is 9.40. The highest BCUT2D eigenvalue weighted by molar-refractivity contribution is 4.68. The van der Waals surface area contributed by atoms with Gasteiger partial charge in [0.25, 0.3) is 0 Å². The number of nitrogens with two attached hydrogens (primary N) is 1. The fourth-order valence-corrected chi connectivity index (χ4v) is 1.16. The summed E-state index contributed by atoms with van der Waals surface area (Å²) in [6, 6.07) is 0.376. The highest BCUT2D eigenvalue weighted by Crippen LogP contribution is 1.98. The van der Waals surface area contributed by atoms with Gasteiger partial charge < -0.3 is 10.5 Å². The van der Waals surface area contributed by atoms with Crippen molar-refractivity contribution >= 4 is 0 Å². The number of methoxy groups -OCH3 is 1. The summed E-state index contributed by atoms with van der Waals surface area (Å²) >= 11 is 0. The Bertz CT molecular complexity index is 98.5. The van der Waals surface area contributed by atoms with Gasteiger partial charge in [-0.1, -0.05) is 13.3 Å². The number of hydrogen-bond acceptors (Lipinski definition) is 3. The van der Waals surface area contributed by atoms with E-state index < -0.39 is 0 Å². The minimum absolute atomic E-state index is 0.376. The van der Waals surface area contributed by atoms with Gasteiger partial charge in [0.1, 0.15) is 0 Å². The standard InChI is InChI=1S/C9H22N2O/c1-4-5-6-11(2)9(7-10)8-12-3/h9H,4-8,10H2,1-3H3. The third-order valence-corrected chi connectivity index (χ3v) is 2.12. The SMILES string of the molecule is CCCCN(C)C(CN)COC. The molecular formula is C9H22N2O. The van der Waals surface area contributed by atoms with Crippen LogP contribution >= 0.6 is 0 Å². The first kappa shape index (κ1) is 11.9. The van der Waals surface area contributed by atoms with E-state index in [9.17, 15) is 0 Å². The minimum Gasteiger partial charge on any atom is -0.383 e. The Morgan fingerprint density at radius 2 is 2.17 bits per heavy atom. The van der Waals surface area contributed by atoms with E-state index in [0.29, 0.717) is 12.6 Å². The molecule has 0 amide bonds. The van der Waals surface area contributed by atoms with Gasteiger partial charge in [0.05, 0.1) is 6.61 Å². The van der Waals surface area contributed by atoms with Crippen LogP contribution in [0.3, 0.4) is 0 Å². The Labute approximate surface area is 75.9 Å². The van der Waals surface area contributed by atoms with E-state index >= 15 is 0 Å². The molecule has 12 heavy (non-hydrogen) atoms. The highest BCUT2D eigenvalue weighted by Gasteiger charge is 2.11. The van der Waals surface area contributed by atoms with Gasteiger partial charge in [-0.3, -0.25) is 4.90 Å². The average molecular weight is 174 g/mol. The number of likely N-dealkylation sites (N-methyl/N-ethyl adjacent to an activating group) is 1. The molecule has 0 aromatic heterocycles. The van der Waals surface area contributed by atoms with Gasteiger partial charge in [0.2, 0.25) is 0 Å². The van der Waals surface area contributed by atoms with Gasteiger partial charge in [0, 0.05) is 19.7 Å². The molecule has 0 rings (SSSR count). The number of ether oxygens (including phenoxy) is 1. The summed E-state index contributed by atoms with van der Waals surface area (Å²) in [6.07, 6.45) is 2.46. The van der Waals surface area contributed by atoms with E-state index in [1.54, 1.807) is 7.11 Å². The van der Waals surface area contributed by atoms with Crippen LogP contribution in [0, 0.1) is 0 Å². The van der Waals surface area contributed by atoms with Crippen LogP contribution in [0.5, 0.6) is 0 Å². The summed E-state index contributed by atoms with van der Waals surface area (Å²) in [6.45, 7) is 4.72. The van der Waals surface area contributed by atoms with Crippen molar-refractivity contribution < 1.29 is 4.74 Å². The van der Waals surface area contributed by atoms with E-state index in [-0.39, 0.29) is 0 Å². The summed E-state index contributed by atoms with van der Waals surface area (Å²) < 4.78 is 5.07. The van der Waals surface area contributed by atoms with E-state index in [1.165, 1.54) is 12.8 Å². The number of unbranched alkanes of at least 4 members (excludes halogenated alkanes) is 1. The van der Waals surface area contributed by atoms with Crippen LogP contribution in [0.15, 0.2) is 0 Å². The largest absolute Gasteiger partial charge is 0.383 e. The second-order valence-corrected chi connectivity index (χ2v) is 3.18. The molecule has 0 aromatic carbocycles. The predicted octanol–water partition coefficient (Wildman–Crippen LogP) is 0.692. The molecule has 0 aliphatic heterocycles. The van der Waals surface area contributed by atoms with Gasteiger partial charge in [-0.15, -0.1) is 0 Å². The fraction of sp³-hybridized carbons (Fsp3) is 1.00. The summed E-state index contributed by atoms with van der Waals surface area (Å²) in [5.41, 5.74) is 5.61. The first-order valence-corrected chi connectivity index (χ1v) is 4.65. The first-order valence-electron chi connectivity index (χ1n) is 4.65. The maximum absolute atomic E-state index is 5.61. The van der Waals surface area contributed by atoms with Gasteiger partial charge in [0.15, 0.2) is 0 Å². The van der Waals surface area contributed by atoms with E-state index in [0.717, 1.165) is 13.2 Å². The highest BCUT2D eigenvalue weighted by atomic mass is 16.5. The Morgan fingerprint density at radius 1 is 1.50 bits per heavy atom. The first-order chi connectivity index (χ1) is 5.76. The van der Waals surface area contributed by atoms with Gasteiger partial charge in [-0.05, 0) is 20.0 Å². The zero-order valence-corrected chi connectivity index (χ0v) is 8.55. The van der Waals surface area contributed by atoms with Crippen LogP contribution in [0.4, 0.5) is 0 Å². The van der Waals surface area contributed by atoms with Crippen molar-refractivity contribution in [2.45, 2.75) is 25.8 Å². The fourth-order valence-electron chi connectivity index (χ4n) is 1.16. The molecule has 0 aromatic rings. The third kappa shape index (κ3) is 4.70. The molecule has 1 unspecified atom stereocenters.